The van der Waals surface area contributed by atoms with Gasteiger partial charge in [0.05, 0.1) is 19.3 Å². The highest BCUT2D eigenvalue weighted by atomic mass is 127. The van der Waals surface area contributed by atoms with Crippen molar-refractivity contribution in [3.05, 3.63) is 46.2 Å². The molecule has 0 aliphatic carbocycles. The van der Waals surface area contributed by atoms with Crippen LogP contribution in [0.5, 0.6) is 11.5 Å². The largest absolute Gasteiger partial charge is 0.490 e. The average molecular weight is 542 g/mol. The van der Waals surface area contributed by atoms with Gasteiger partial charge in [0.1, 0.15) is 0 Å². The van der Waals surface area contributed by atoms with E-state index < -0.39 is 0 Å². The Bertz CT molecular complexity index is 809. The van der Waals surface area contributed by atoms with E-state index in [1.807, 2.05) is 24.5 Å². The molecule has 0 saturated carbocycles. The van der Waals surface area contributed by atoms with Crippen LogP contribution in [0.15, 0.2) is 40.7 Å². The zero-order valence-corrected chi connectivity index (χ0v) is 20.6. The lowest BCUT2D eigenvalue weighted by Crippen LogP contribution is -2.42. The van der Waals surface area contributed by atoms with Crippen LogP contribution in [0.1, 0.15) is 35.7 Å². The molecular formula is C22H31IN4O2S. The van der Waals surface area contributed by atoms with E-state index in [0.717, 1.165) is 36.0 Å². The van der Waals surface area contributed by atoms with E-state index in [4.69, 9.17) is 9.47 Å². The van der Waals surface area contributed by atoms with Crippen LogP contribution in [0.3, 0.4) is 0 Å². The van der Waals surface area contributed by atoms with Crippen molar-refractivity contribution in [1.29, 1.82) is 0 Å². The van der Waals surface area contributed by atoms with Gasteiger partial charge in [-0.1, -0.05) is 12.1 Å². The van der Waals surface area contributed by atoms with Gasteiger partial charge in [0.15, 0.2) is 17.5 Å². The summed E-state index contributed by atoms with van der Waals surface area (Å²) in [7, 11) is 1.82. The van der Waals surface area contributed by atoms with Gasteiger partial charge in [0.25, 0.3) is 0 Å². The fraction of sp³-hybridized carbons (Fsp3) is 0.500. The van der Waals surface area contributed by atoms with Gasteiger partial charge in [-0.2, -0.15) is 0 Å². The van der Waals surface area contributed by atoms with Crippen molar-refractivity contribution in [2.24, 2.45) is 4.99 Å². The van der Waals surface area contributed by atoms with Crippen LogP contribution in [-0.2, 0) is 6.54 Å². The van der Waals surface area contributed by atoms with Gasteiger partial charge in [-0.05, 0) is 55.1 Å². The minimum atomic E-state index is 0. The SMILES string of the molecule is CN=C(NCc1ccc2c(c1)OCCCO2)NCC(c1cccs1)N1CCCC1.I. The van der Waals surface area contributed by atoms with Crippen molar-refractivity contribution >= 4 is 41.3 Å². The van der Waals surface area contributed by atoms with Crippen LogP contribution in [0, 0.1) is 0 Å². The van der Waals surface area contributed by atoms with Crippen LogP contribution in [0.25, 0.3) is 0 Å². The lowest BCUT2D eigenvalue weighted by atomic mass is 10.2. The van der Waals surface area contributed by atoms with Crippen molar-refractivity contribution in [3.8, 4) is 11.5 Å². The summed E-state index contributed by atoms with van der Waals surface area (Å²) in [4.78, 5) is 8.40. The molecule has 30 heavy (non-hydrogen) atoms. The molecule has 2 aliphatic heterocycles. The van der Waals surface area contributed by atoms with Gasteiger partial charge in [-0.3, -0.25) is 9.89 Å². The summed E-state index contributed by atoms with van der Waals surface area (Å²) in [5.41, 5.74) is 1.14. The highest BCUT2D eigenvalue weighted by molar-refractivity contribution is 14.0. The molecule has 1 atom stereocenters. The molecule has 1 fully saturated rings. The van der Waals surface area contributed by atoms with Gasteiger partial charge in [-0.15, -0.1) is 35.3 Å². The number of fused-ring (bicyclic) bond motifs is 1. The standard InChI is InChI=1S/C22H30N4O2S.HI/c1-23-22(24-15-17-7-8-19-20(14-17)28-12-5-11-27-19)25-16-18(21-6-4-13-29-21)26-9-2-3-10-26;/h4,6-8,13-14,18H,2-3,5,9-12,15-16H2,1H3,(H2,23,24,25);1H. The van der Waals surface area contributed by atoms with Gasteiger partial charge in [0.2, 0.25) is 0 Å². The number of likely N-dealkylation sites (tertiary alicyclic amines) is 1. The number of halogens is 1. The first-order valence-corrected chi connectivity index (χ1v) is 11.3. The summed E-state index contributed by atoms with van der Waals surface area (Å²) in [5, 5.41) is 9.11. The van der Waals surface area contributed by atoms with E-state index in [1.54, 1.807) is 0 Å². The molecule has 0 radical (unpaired) electrons. The molecule has 8 heteroatoms. The fourth-order valence-electron chi connectivity index (χ4n) is 3.86. The summed E-state index contributed by atoms with van der Waals surface area (Å²) < 4.78 is 11.5. The van der Waals surface area contributed by atoms with Crippen molar-refractivity contribution < 1.29 is 9.47 Å². The highest BCUT2D eigenvalue weighted by Crippen LogP contribution is 2.30. The predicted octanol–water partition coefficient (Wildman–Crippen LogP) is 4.03. The third-order valence-corrected chi connectivity index (χ3v) is 6.38. The molecule has 1 saturated heterocycles. The quantitative estimate of drug-likeness (QED) is 0.328. The molecule has 164 valence electrons. The molecule has 3 heterocycles. The first kappa shape index (κ1) is 23.1. The monoisotopic (exact) mass is 542 g/mol. The second kappa shape index (κ2) is 11.8. The lowest BCUT2D eigenvalue weighted by molar-refractivity contribution is 0.249. The van der Waals surface area contributed by atoms with Crippen molar-refractivity contribution in [2.45, 2.75) is 31.8 Å². The molecule has 2 N–H and O–H groups in total. The number of benzene rings is 1. The number of thiophene rings is 1. The molecule has 1 aromatic carbocycles. The van der Waals surface area contributed by atoms with Crippen LogP contribution < -0.4 is 20.1 Å². The maximum absolute atomic E-state index is 5.80. The summed E-state index contributed by atoms with van der Waals surface area (Å²) in [5.74, 6) is 2.48. The Balaban J connectivity index is 0.00000256. The first-order valence-electron chi connectivity index (χ1n) is 10.4. The second-order valence-corrected chi connectivity index (χ2v) is 8.39. The van der Waals surface area contributed by atoms with Crippen LogP contribution >= 0.6 is 35.3 Å². The molecule has 0 amide bonds. The number of aliphatic imine (C=N–C) groups is 1. The lowest BCUT2D eigenvalue weighted by Gasteiger charge is -2.27. The van der Waals surface area contributed by atoms with Crippen LogP contribution in [0.2, 0.25) is 0 Å². The molecular weight excluding hydrogens is 511 g/mol. The Morgan fingerprint density at radius 1 is 1.10 bits per heavy atom. The van der Waals surface area contributed by atoms with Crippen LogP contribution in [-0.4, -0.2) is 50.8 Å². The summed E-state index contributed by atoms with van der Waals surface area (Å²) in [6.45, 7) is 5.29. The Labute approximate surface area is 200 Å². The van der Waals surface area contributed by atoms with E-state index in [1.165, 1.54) is 30.8 Å². The topological polar surface area (TPSA) is 58.1 Å². The minimum absolute atomic E-state index is 0. The predicted molar refractivity (Wildman–Crippen MR) is 134 cm³/mol. The molecule has 2 aromatic rings. The van der Waals surface area contributed by atoms with E-state index in [9.17, 15) is 0 Å². The van der Waals surface area contributed by atoms with E-state index in [2.05, 4.69) is 50.2 Å². The van der Waals surface area contributed by atoms with E-state index in [-0.39, 0.29) is 24.0 Å². The zero-order valence-electron chi connectivity index (χ0n) is 17.4. The third kappa shape index (κ3) is 6.01. The third-order valence-electron chi connectivity index (χ3n) is 5.41. The zero-order chi connectivity index (χ0) is 19.9. The maximum Gasteiger partial charge on any atom is 0.191 e. The van der Waals surface area contributed by atoms with Crippen molar-refractivity contribution in [2.75, 3.05) is 39.9 Å². The van der Waals surface area contributed by atoms with Crippen LogP contribution in [0.4, 0.5) is 0 Å². The number of ether oxygens (including phenoxy) is 2. The molecule has 1 aromatic heterocycles. The van der Waals surface area contributed by atoms with Gasteiger partial charge >= 0.3 is 0 Å². The number of hydrogen-bond donors (Lipinski definition) is 2. The molecule has 0 bridgehead atoms. The Morgan fingerprint density at radius 2 is 1.90 bits per heavy atom. The minimum Gasteiger partial charge on any atom is -0.490 e. The Hall–Kier alpha value is -1.52. The van der Waals surface area contributed by atoms with E-state index >= 15 is 0 Å². The number of nitrogens with zero attached hydrogens (tertiary/aromatic N) is 2. The maximum atomic E-state index is 5.80. The van der Waals surface area contributed by atoms with Crippen molar-refractivity contribution in [3.63, 3.8) is 0 Å². The fourth-order valence-corrected chi connectivity index (χ4v) is 4.72. The number of hydrogen-bond acceptors (Lipinski definition) is 5. The Morgan fingerprint density at radius 3 is 2.63 bits per heavy atom. The molecule has 6 nitrogen and oxygen atoms in total. The summed E-state index contributed by atoms with van der Waals surface area (Å²) >= 11 is 1.83. The normalized spacial score (nSPS) is 17.7. The Kier molecular flexibility index (Phi) is 9.07. The van der Waals surface area contributed by atoms with Gasteiger partial charge in [0, 0.05) is 31.4 Å². The molecule has 1 unspecified atom stereocenters. The average Bonchev–Trinajstić information content (AvgIpc) is 3.42. The molecule has 2 aliphatic rings. The smallest absolute Gasteiger partial charge is 0.191 e. The van der Waals surface area contributed by atoms with E-state index in [0.29, 0.717) is 25.8 Å². The highest BCUT2D eigenvalue weighted by Gasteiger charge is 2.24. The molecule has 4 rings (SSSR count). The van der Waals surface area contributed by atoms with Gasteiger partial charge in [-0.25, -0.2) is 0 Å². The summed E-state index contributed by atoms with van der Waals surface area (Å²) in [6.07, 6.45) is 3.50. The number of guanidine groups is 1. The summed E-state index contributed by atoms with van der Waals surface area (Å²) in [6, 6.07) is 10.9. The van der Waals surface area contributed by atoms with Crippen molar-refractivity contribution in [1.82, 2.24) is 15.5 Å². The molecule has 0 spiro atoms. The van der Waals surface area contributed by atoms with Gasteiger partial charge < -0.3 is 20.1 Å². The first-order chi connectivity index (χ1) is 14.3. The number of rotatable bonds is 6. The second-order valence-electron chi connectivity index (χ2n) is 7.41. The number of nitrogens with one attached hydrogen (secondary N) is 2.